The molecule has 0 bridgehead atoms. The van der Waals surface area contributed by atoms with Gasteiger partial charge in [0.15, 0.2) is 0 Å². The van der Waals surface area contributed by atoms with Gasteiger partial charge in [-0.1, -0.05) is 24.3 Å². The van der Waals surface area contributed by atoms with Crippen LogP contribution in [0.4, 0.5) is 0 Å². The van der Waals surface area contributed by atoms with Gasteiger partial charge in [-0.2, -0.15) is 0 Å². The Balaban J connectivity index is 2.31. The Bertz CT molecular complexity index is 514. The van der Waals surface area contributed by atoms with E-state index in [4.69, 9.17) is 16.2 Å². The van der Waals surface area contributed by atoms with Crippen molar-refractivity contribution in [2.45, 2.75) is 25.1 Å². The van der Waals surface area contributed by atoms with Gasteiger partial charge >= 0.3 is 0 Å². The third-order valence-corrected chi connectivity index (χ3v) is 3.63. The molecule has 1 aromatic carbocycles. The molecule has 1 aliphatic rings. The maximum atomic E-state index is 12.4. The smallest absolute Gasteiger partial charge is 0.254 e. The van der Waals surface area contributed by atoms with Crippen LogP contribution in [0.1, 0.15) is 11.1 Å². The number of benzene rings is 1. The predicted octanol–water partition coefficient (Wildman–Crippen LogP) is -0.601. The number of nitrogens with zero attached hydrogens (tertiary/aromatic N) is 1. The third-order valence-electron chi connectivity index (χ3n) is 3.63. The van der Waals surface area contributed by atoms with E-state index in [1.54, 1.807) is 0 Å². The van der Waals surface area contributed by atoms with Crippen LogP contribution in [0.5, 0.6) is 0 Å². The number of ether oxygens (including phenoxy) is 1. The fourth-order valence-electron chi connectivity index (χ4n) is 2.49. The molecule has 1 heterocycles. The Kier molecular flexibility index (Phi) is 4.36. The molecular weight excluding hydrogens is 258 g/mol. The van der Waals surface area contributed by atoms with Crippen molar-refractivity contribution < 1.29 is 14.3 Å². The molecule has 1 aromatic rings. The van der Waals surface area contributed by atoms with E-state index in [1.807, 2.05) is 24.3 Å². The summed E-state index contributed by atoms with van der Waals surface area (Å²) in [5.74, 6) is -0.812. The number of rotatable bonds is 4. The van der Waals surface area contributed by atoms with Crippen molar-refractivity contribution in [2.75, 3.05) is 13.7 Å². The Labute approximate surface area is 117 Å². The lowest BCUT2D eigenvalue weighted by Gasteiger charge is -2.36. The molecule has 2 amide bonds. The van der Waals surface area contributed by atoms with Gasteiger partial charge in [0.1, 0.15) is 12.1 Å². The molecule has 2 atom stereocenters. The summed E-state index contributed by atoms with van der Waals surface area (Å²) in [5.41, 5.74) is 13.0. The first-order chi connectivity index (χ1) is 9.58. The Morgan fingerprint density at radius 1 is 1.40 bits per heavy atom. The zero-order valence-corrected chi connectivity index (χ0v) is 11.4. The van der Waals surface area contributed by atoms with Gasteiger partial charge in [0, 0.05) is 26.6 Å². The predicted molar refractivity (Wildman–Crippen MR) is 73.5 cm³/mol. The summed E-state index contributed by atoms with van der Waals surface area (Å²) in [5, 5.41) is 0. The Morgan fingerprint density at radius 2 is 2.05 bits per heavy atom. The lowest BCUT2D eigenvalue weighted by Crippen LogP contribution is -2.55. The highest BCUT2D eigenvalue weighted by molar-refractivity contribution is 5.89. The molecule has 6 heteroatoms. The summed E-state index contributed by atoms with van der Waals surface area (Å²) >= 11 is 0. The highest BCUT2D eigenvalue weighted by Gasteiger charge is 2.35. The van der Waals surface area contributed by atoms with Crippen molar-refractivity contribution in [3.63, 3.8) is 0 Å². The molecule has 0 saturated heterocycles. The molecule has 20 heavy (non-hydrogen) atoms. The minimum Gasteiger partial charge on any atom is -0.370 e. The first kappa shape index (κ1) is 14.5. The average Bonchev–Trinajstić information content (AvgIpc) is 2.46. The van der Waals surface area contributed by atoms with Gasteiger partial charge in [0.25, 0.3) is 5.91 Å². The number of fused-ring (bicyclic) bond motifs is 1. The Morgan fingerprint density at radius 3 is 2.60 bits per heavy atom. The maximum Gasteiger partial charge on any atom is 0.254 e. The van der Waals surface area contributed by atoms with E-state index in [1.165, 1.54) is 12.0 Å². The van der Waals surface area contributed by atoms with Crippen LogP contribution < -0.4 is 11.5 Å². The van der Waals surface area contributed by atoms with E-state index in [-0.39, 0.29) is 12.5 Å². The molecule has 0 spiro atoms. The van der Waals surface area contributed by atoms with Gasteiger partial charge in [-0.05, 0) is 11.1 Å². The van der Waals surface area contributed by atoms with Crippen LogP contribution in [0.3, 0.4) is 0 Å². The SMILES string of the molecule is COC(CN)C(=O)N1Cc2ccccc2C[C@H]1C(N)=O. The quantitative estimate of drug-likeness (QED) is 0.767. The molecule has 1 unspecified atom stereocenters. The van der Waals surface area contributed by atoms with Crippen LogP contribution in [0.2, 0.25) is 0 Å². The number of primary amides is 1. The number of methoxy groups -OCH3 is 1. The van der Waals surface area contributed by atoms with Crippen molar-refractivity contribution in [1.82, 2.24) is 4.90 Å². The van der Waals surface area contributed by atoms with Crippen molar-refractivity contribution in [3.8, 4) is 0 Å². The van der Waals surface area contributed by atoms with E-state index in [2.05, 4.69) is 0 Å². The number of nitrogens with two attached hydrogens (primary N) is 2. The average molecular weight is 277 g/mol. The second kappa shape index (κ2) is 6.02. The molecule has 0 aromatic heterocycles. The maximum absolute atomic E-state index is 12.4. The number of hydrogen-bond donors (Lipinski definition) is 2. The molecule has 2 rings (SSSR count). The number of hydrogen-bond acceptors (Lipinski definition) is 4. The summed E-state index contributed by atoms with van der Waals surface area (Å²) in [4.78, 5) is 25.5. The second-order valence-electron chi connectivity index (χ2n) is 4.82. The molecule has 0 radical (unpaired) electrons. The largest absolute Gasteiger partial charge is 0.370 e. The van der Waals surface area contributed by atoms with Gasteiger partial charge in [-0.15, -0.1) is 0 Å². The molecule has 1 aliphatic heterocycles. The normalized spacial score (nSPS) is 19.3. The first-order valence-electron chi connectivity index (χ1n) is 6.48. The monoisotopic (exact) mass is 277 g/mol. The van der Waals surface area contributed by atoms with Gasteiger partial charge in [0.05, 0.1) is 0 Å². The summed E-state index contributed by atoms with van der Waals surface area (Å²) in [7, 11) is 1.42. The summed E-state index contributed by atoms with van der Waals surface area (Å²) in [6, 6.07) is 7.05. The number of amides is 2. The molecule has 0 aliphatic carbocycles. The molecular formula is C14H19N3O3. The van der Waals surface area contributed by atoms with Crippen LogP contribution in [-0.4, -0.2) is 42.5 Å². The van der Waals surface area contributed by atoms with Crippen LogP contribution in [0.15, 0.2) is 24.3 Å². The molecule has 6 nitrogen and oxygen atoms in total. The molecule has 4 N–H and O–H groups in total. The number of carbonyl (C=O) groups excluding carboxylic acids is 2. The fraction of sp³-hybridized carbons (Fsp3) is 0.429. The zero-order chi connectivity index (χ0) is 14.7. The summed E-state index contributed by atoms with van der Waals surface area (Å²) < 4.78 is 5.06. The van der Waals surface area contributed by atoms with Crippen LogP contribution in [0.25, 0.3) is 0 Å². The second-order valence-corrected chi connectivity index (χ2v) is 4.82. The van der Waals surface area contributed by atoms with E-state index in [0.717, 1.165) is 11.1 Å². The molecule has 0 fully saturated rings. The van der Waals surface area contributed by atoms with E-state index in [9.17, 15) is 9.59 Å². The first-order valence-corrected chi connectivity index (χ1v) is 6.48. The highest BCUT2D eigenvalue weighted by Crippen LogP contribution is 2.24. The van der Waals surface area contributed by atoms with E-state index in [0.29, 0.717) is 13.0 Å². The lowest BCUT2D eigenvalue weighted by atomic mass is 9.93. The van der Waals surface area contributed by atoms with Crippen LogP contribution in [0, 0.1) is 0 Å². The van der Waals surface area contributed by atoms with Crippen molar-refractivity contribution >= 4 is 11.8 Å². The van der Waals surface area contributed by atoms with Gasteiger partial charge in [0.2, 0.25) is 5.91 Å². The van der Waals surface area contributed by atoms with Crippen molar-refractivity contribution in [1.29, 1.82) is 0 Å². The highest BCUT2D eigenvalue weighted by atomic mass is 16.5. The topological polar surface area (TPSA) is 98.7 Å². The summed E-state index contributed by atoms with van der Waals surface area (Å²) in [6.45, 7) is 0.418. The molecule has 0 saturated carbocycles. The zero-order valence-electron chi connectivity index (χ0n) is 11.4. The minimum atomic E-state index is -0.748. The van der Waals surface area contributed by atoms with Gasteiger partial charge in [-0.3, -0.25) is 9.59 Å². The lowest BCUT2D eigenvalue weighted by molar-refractivity contribution is -0.148. The van der Waals surface area contributed by atoms with Crippen LogP contribution in [-0.2, 0) is 27.3 Å². The van der Waals surface area contributed by atoms with E-state index < -0.39 is 18.1 Å². The van der Waals surface area contributed by atoms with Gasteiger partial charge < -0.3 is 21.1 Å². The Hall–Kier alpha value is -1.92. The minimum absolute atomic E-state index is 0.0684. The fourth-order valence-corrected chi connectivity index (χ4v) is 2.49. The van der Waals surface area contributed by atoms with E-state index >= 15 is 0 Å². The summed E-state index contributed by atoms with van der Waals surface area (Å²) in [6.07, 6.45) is -0.319. The standard InChI is InChI=1S/C14H19N3O3/c1-20-12(7-15)14(19)17-8-10-5-3-2-4-9(10)6-11(17)13(16)18/h2-5,11-12H,6-8,15H2,1H3,(H2,16,18)/t11-,12?/m0/s1. The molecule has 108 valence electrons. The van der Waals surface area contributed by atoms with Crippen molar-refractivity contribution in [3.05, 3.63) is 35.4 Å². The van der Waals surface area contributed by atoms with Gasteiger partial charge in [-0.25, -0.2) is 0 Å². The van der Waals surface area contributed by atoms with Crippen molar-refractivity contribution in [2.24, 2.45) is 11.5 Å². The third kappa shape index (κ3) is 2.66. The van der Waals surface area contributed by atoms with Crippen LogP contribution >= 0.6 is 0 Å². The number of carbonyl (C=O) groups is 2.